The van der Waals surface area contributed by atoms with Crippen molar-refractivity contribution >= 4 is 28.5 Å². The smallest absolute Gasteiger partial charge is 0.338 e. The zero-order valence-electron chi connectivity index (χ0n) is 15.4. The van der Waals surface area contributed by atoms with Crippen molar-refractivity contribution in [3.05, 3.63) is 36.0 Å². The third-order valence-corrected chi connectivity index (χ3v) is 3.70. The quantitative estimate of drug-likeness (QED) is 0.547. The third kappa shape index (κ3) is 5.50. The average molecular weight is 359 g/mol. The maximum Gasteiger partial charge on any atom is 0.338 e. The number of hydrogen-bond acceptors (Lipinski definition) is 6. The van der Waals surface area contributed by atoms with E-state index in [4.69, 9.17) is 9.47 Å². The normalized spacial score (nSPS) is 10.9. The number of hydrogen-bond donors (Lipinski definition) is 1. The van der Waals surface area contributed by atoms with Crippen LogP contribution in [-0.2, 0) is 14.3 Å². The number of nitrogens with one attached hydrogen (secondary N) is 1. The van der Waals surface area contributed by atoms with Crippen molar-refractivity contribution in [2.45, 2.75) is 13.3 Å². The molecule has 1 heterocycles. The highest BCUT2D eigenvalue weighted by molar-refractivity contribution is 6.08. The predicted molar refractivity (Wildman–Crippen MR) is 100 cm³/mol. The van der Waals surface area contributed by atoms with E-state index in [1.54, 1.807) is 31.2 Å². The van der Waals surface area contributed by atoms with Crippen molar-refractivity contribution in [3.8, 4) is 0 Å². The highest BCUT2D eigenvalue weighted by Gasteiger charge is 2.14. The number of carbonyl (C=O) groups excluding carboxylic acids is 2. The van der Waals surface area contributed by atoms with Crippen molar-refractivity contribution in [2.24, 2.45) is 0 Å². The molecule has 0 radical (unpaired) electrons. The van der Waals surface area contributed by atoms with Gasteiger partial charge in [0.15, 0.2) is 0 Å². The molecule has 0 bridgehead atoms. The molecule has 0 unspecified atom stereocenters. The number of nitrogens with zero attached hydrogens (tertiary/aromatic N) is 2. The minimum atomic E-state index is -0.405. The highest BCUT2D eigenvalue weighted by Crippen LogP contribution is 2.24. The SMILES string of the molecule is CCOC(=O)c1ccnc2c(NC(=O)CCOCCN(C)C)cccc12. The molecule has 0 aliphatic heterocycles. The van der Waals surface area contributed by atoms with Crippen molar-refractivity contribution in [1.29, 1.82) is 0 Å². The van der Waals surface area contributed by atoms with Crippen LogP contribution in [0.15, 0.2) is 30.5 Å². The zero-order valence-corrected chi connectivity index (χ0v) is 15.4. The van der Waals surface area contributed by atoms with Gasteiger partial charge in [-0.25, -0.2) is 4.79 Å². The number of ether oxygens (including phenoxy) is 2. The Morgan fingerprint density at radius 2 is 2.00 bits per heavy atom. The molecule has 0 aliphatic rings. The molecular weight excluding hydrogens is 334 g/mol. The van der Waals surface area contributed by atoms with Crippen LogP contribution in [0.3, 0.4) is 0 Å². The van der Waals surface area contributed by atoms with Crippen molar-refractivity contribution in [1.82, 2.24) is 9.88 Å². The van der Waals surface area contributed by atoms with E-state index < -0.39 is 5.97 Å². The molecule has 140 valence electrons. The van der Waals surface area contributed by atoms with Crippen LogP contribution >= 0.6 is 0 Å². The number of fused-ring (bicyclic) bond motifs is 1. The van der Waals surface area contributed by atoms with Crippen LogP contribution in [0.25, 0.3) is 10.9 Å². The summed E-state index contributed by atoms with van der Waals surface area (Å²) >= 11 is 0. The van der Waals surface area contributed by atoms with Gasteiger partial charge in [0.25, 0.3) is 0 Å². The standard InChI is InChI=1S/C19H25N3O4/c1-4-26-19(24)15-8-10-20-18-14(15)6-5-7-16(18)21-17(23)9-12-25-13-11-22(2)3/h5-8,10H,4,9,11-13H2,1-3H3,(H,21,23). The Hall–Kier alpha value is -2.51. The Bertz CT molecular complexity index is 762. The molecule has 1 aromatic heterocycles. The average Bonchev–Trinajstić information content (AvgIpc) is 2.61. The second-order valence-corrected chi connectivity index (χ2v) is 5.99. The fraction of sp³-hybridized carbons (Fsp3) is 0.421. The molecule has 0 saturated heterocycles. The van der Waals surface area contributed by atoms with E-state index in [1.807, 2.05) is 19.0 Å². The first kappa shape index (κ1) is 19.8. The Morgan fingerprint density at radius 1 is 1.19 bits per heavy atom. The number of rotatable bonds is 9. The summed E-state index contributed by atoms with van der Waals surface area (Å²) in [6.07, 6.45) is 1.79. The number of pyridine rings is 1. The van der Waals surface area contributed by atoms with Gasteiger partial charge in [0.1, 0.15) is 0 Å². The molecule has 2 aromatic rings. The molecule has 1 amide bonds. The van der Waals surface area contributed by atoms with Crippen LogP contribution in [0.1, 0.15) is 23.7 Å². The molecule has 2 rings (SSSR count). The summed E-state index contributed by atoms with van der Waals surface area (Å²) in [6, 6.07) is 6.93. The Balaban J connectivity index is 2.04. The first-order valence-corrected chi connectivity index (χ1v) is 8.60. The number of anilines is 1. The Kier molecular flexibility index (Phi) is 7.50. The van der Waals surface area contributed by atoms with Gasteiger partial charge in [0.05, 0.1) is 43.0 Å². The van der Waals surface area contributed by atoms with Crippen LogP contribution < -0.4 is 5.32 Å². The summed E-state index contributed by atoms with van der Waals surface area (Å²) in [5.41, 5.74) is 1.55. The molecule has 26 heavy (non-hydrogen) atoms. The molecule has 0 atom stereocenters. The molecule has 0 saturated carbocycles. The van der Waals surface area contributed by atoms with Crippen molar-refractivity contribution in [3.63, 3.8) is 0 Å². The van der Waals surface area contributed by atoms with E-state index in [-0.39, 0.29) is 12.3 Å². The number of carbonyl (C=O) groups is 2. The van der Waals surface area contributed by atoms with Gasteiger partial charge in [-0.1, -0.05) is 12.1 Å². The van der Waals surface area contributed by atoms with Crippen LogP contribution in [0.5, 0.6) is 0 Å². The molecular formula is C19H25N3O4. The number of aromatic nitrogens is 1. The number of benzene rings is 1. The van der Waals surface area contributed by atoms with E-state index in [2.05, 4.69) is 10.3 Å². The Morgan fingerprint density at radius 3 is 2.73 bits per heavy atom. The fourth-order valence-corrected chi connectivity index (χ4v) is 2.39. The molecule has 1 N–H and O–H groups in total. The summed E-state index contributed by atoms with van der Waals surface area (Å²) in [5.74, 6) is -0.566. The zero-order chi connectivity index (χ0) is 18.9. The fourth-order valence-electron chi connectivity index (χ4n) is 2.39. The Labute approximate surface area is 153 Å². The summed E-state index contributed by atoms with van der Waals surface area (Å²) in [7, 11) is 3.93. The van der Waals surface area contributed by atoms with Crippen molar-refractivity contribution in [2.75, 3.05) is 45.8 Å². The maximum absolute atomic E-state index is 12.2. The van der Waals surface area contributed by atoms with Crippen LogP contribution in [0.2, 0.25) is 0 Å². The van der Waals surface area contributed by atoms with E-state index in [0.717, 1.165) is 6.54 Å². The van der Waals surface area contributed by atoms with Gasteiger partial charge in [-0.3, -0.25) is 9.78 Å². The number of likely N-dealkylation sites (N-methyl/N-ethyl adjacent to an activating group) is 1. The first-order valence-electron chi connectivity index (χ1n) is 8.60. The molecule has 7 heteroatoms. The van der Waals surface area contributed by atoms with E-state index in [0.29, 0.717) is 42.0 Å². The van der Waals surface area contributed by atoms with Crippen LogP contribution in [0.4, 0.5) is 5.69 Å². The first-order chi connectivity index (χ1) is 12.5. The van der Waals surface area contributed by atoms with Gasteiger partial charge in [-0.2, -0.15) is 0 Å². The molecule has 7 nitrogen and oxygen atoms in total. The number of amides is 1. The third-order valence-electron chi connectivity index (χ3n) is 3.70. The lowest BCUT2D eigenvalue weighted by molar-refractivity contribution is -0.117. The lowest BCUT2D eigenvalue weighted by Gasteiger charge is -2.11. The summed E-state index contributed by atoms with van der Waals surface area (Å²) < 4.78 is 10.5. The lowest BCUT2D eigenvalue weighted by Crippen LogP contribution is -2.20. The van der Waals surface area contributed by atoms with Gasteiger partial charge in [0.2, 0.25) is 5.91 Å². The number of para-hydroxylation sites is 1. The van der Waals surface area contributed by atoms with Crippen LogP contribution in [-0.4, -0.2) is 62.2 Å². The van der Waals surface area contributed by atoms with Crippen molar-refractivity contribution < 1.29 is 19.1 Å². The van der Waals surface area contributed by atoms with Gasteiger partial charge >= 0.3 is 5.97 Å². The summed E-state index contributed by atoms with van der Waals surface area (Å²) in [5, 5.41) is 3.48. The van der Waals surface area contributed by atoms with E-state index in [9.17, 15) is 9.59 Å². The number of esters is 1. The second-order valence-electron chi connectivity index (χ2n) is 5.99. The monoisotopic (exact) mass is 359 g/mol. The second kappa shape index (κ2) is 9.84. The van der Waals surface area contributed by atoms with Gasteiger partial charge in [0, 0.05) is 18.1 Å². The van der Waals surface area contributed by atoms with Crippen LogP contribution in [0, 0.1) is 0 Å². The summed E-state index contributed by atoms with van der Waals surface area (Å²) in [4.78, 5) is 30.6. The molecule has 1 aromatic carbocycles. The lowest BCUT2D eigenvalue weighted by atomic mass is 10.1. The minimum Gasteiger partial charge on any atom is -0.462 e. The minimum absolute atomic E-state index is 0.161. The van der Waals surface area contributed by atoms with Gasteiger partial charge < -0.3 is 19.7 Å². The van der Waals surface area contributed by atoms with E-state index in [1.165, 1.54) is 6.20 Å². The topological polar surface area (TPSA) is 80.8 Å². The molecule has 0 fully saturated rings. The molecule has 0 aliphatic carbocycles. The maximum atomic E-state index is 12.2. The van der Waals surface area contributed by atoms with Gasteiger partial charge in [-0.15, -0.1) is 0 Å². The largest absolute Gasteiger partial charge is 0.462 e. The van der Waals surface area contributed by atoms with E-state index >= 15 is 0 Å². The summed E-state index contributed by atoms with van der Waals surface area (Å²) in [6.45, 7) is 3.80. The molecule has 0 spiro atoms. The predicted octanol–water partition coefficient (Wildman–Crippen LogP) is 2.32. The highest BCUT2D eigenvalue weighted by atomic mass is 16.5. The van der Waals surface area contributed by atoms with Gasteiger partial charge in [-0.05, 0) is 33.2 Å².